The summed E-state index contributed by atoms with van der Waals surface area (Å²) in [6, 6.07) is 0. The van der Waals surface area contributed by atoms with Gasteiger partial charge in [-0.25, -0.2) is 15.3 Å². The Kier molecular flexibility index (Phi) is 8.99. The number of aliphatic imine (C=N–C) groups is 1. The number of amidine groups is 1. The molecule has 1 heterocycles. The average Bonchev–Trinajstić information content (AvgIpc) is 3.01. The Hall–Kier alpha value is -1.18. The topological polar surface area (TPSA) is 83.4 Å². The van der Waals surface area contributed by atoms with Gasteiger partial charge in [-0.2, -0.15) is 0 Å². The lowest BCUT2D eigenvalue weighted by molar-refractivity contribution is -0.143. The normalized spacial score (nSPS) is 24.7. The van der Waals surface area contributed by atoms with Crippen LogP contribution >= 0.6 is 0 Å². The van der Waals surface area contributed by atoms with Crippen LogP contribution in [0.3, 0.4) is 0 Å². The van der Waals surface area contributed by atoms with Gasteiger partial charge in [-0.05, 0) is 26.3 Å². The fourth-order valence-corrected chi connectivity index (χ4v) is 4.20. The van der Waals surface area contributed by atoms with Crippen molar-refractivity contribution in [1.29, 1.82) is 0 Å². The number of rotatable bonds is 12. The first kappa shape index (κ1) is 22.1. The van der Waals surface area contributed by atoms with Crippen molar-refractivity contribution in [2.24, 2.45) is 16.8 Å². The lowest BCUT2D eigenvalue weighted by Gasteiger charge is -2.29. The molecule has 0 aromatic rings. The van der Waals surface area contributed by atoms with Gasteiger partial charge < -0.3 is 9.84 Å². The molecule has 1 fully saturated rings. The molecule has 1 saturated carbocycles. The van der Waals surface area contributed by atoms with Crippen LogP contribution in [0.15, 0.2) is 4.99 Å². The molecule has 0 aromatic carbocycles. The number of hydroxylamine groups is 1. The summed E-state index contributed by atoms with van der Waals surface area (Å²) >= 11 is 0. The second-order valence-electron chi connectivity index (χ2n) is 8.28. The Bertz CT molecular complexity index is 494. The fraction of sp³-hybridized carbons (Fsp3) is 0.900. The van der Waals surface area contributed by atoms with Crippen LogP contribution in [0.5, 0.6) is 0 Å². The highest BCUT2D eigenvalue weighted by Crippen LogP contribution is 2.35. The Morgan fingerprint density at radius 2 is 2.19 bits per heavy atom. The molecule has 2 atom stereocenters. The first-order valence-corrected chi connectivity index (χ1v) is 10.3. The van der Waals surface area contributed by atoms with Gasteiger partial charge in [-0.1, -0.05) is 44.9 Å². The van der Waals surface area contributed by atoms with Gasteiger partial charge in [0.15, 0.2) is 5.72 Å². The number of carboxylic acid groups (broad SMARTS) is 1. The highest BCUT2D eigenvalue weighted by atomic mass is 16.7. The van der Waals surface area contributed by atoms with E-state index in [9.17, 15) is 9.90 Å². The van der Waals surface area contributed by atoms with Crippen LogP contribution in [0, 0.1) is 11.8 Å². The van der Waals surface area contributed by atoms with Gasteiger partial charge >= 0.3 is 5.97 Å². The number of ether oxygens (including phenoxy) is 1. The van der Waals surface area contributed by atoms with Crippen LogP contribution in [0.4, 0.5) is 0 Å². The molecule has 0 aromatic heterocycles. The summed E-state index contributed by atoms with van der Waals surface area (Å²) in [5.41, 5.74) is 2.11. The average molecular weight is 384 g/mol. The maximum atomic E-state index is 11.4. The first-order chi connectivity index (χ1) is 12.9. The summed E-state index contributed by atoms with van der Waals surface area (Å²) in [7, 11) is 3.68. The van der Waals surface area contributed by atoms with Crippen molar-refractivity contribution >= 4 is 11.8 Å². The minimum absolute atomic E-state index is 0.0825. The second kappa shape index (κ2) is 11.0. The molecule has 7 nitrogen and oxygen atoms in total. The number of nitrogens with one attached hydrogen (secondary N) is 1. The Balaban J connectivity index is 1.89. The van der Waals surface area contributed by atoms with Crippen LogP contribution in [0.2, 0.25) is 0 Å². The third kappa shape index (κ3) is 7.39. The van der Waals surface area contributed by atoms with Crippen molar-refractivity contribution in [3.63, 3.8) is 0 Å². The number of likely N-dealkylation sites (N-methyl/N-ethyl adjacent to an activating group) is 1. The van der Waals surface area contributed by atoms with Gasteiger partial charge in [0.2, 0.25) is 0 Å². The largest absolute Gasteiger partial charge is 0.481 e. The Labute approximate surface area is 163 Å². The maximum Gasteiger partial charge on any atom is 0.303 e. The van der Waals surface area contributed by atoms with Gasteiger partial charge in [0.1, 0.15) is 5.84 Å². The van der Waals surface area contributed by atoms with Gasteiger partial charge in [0.25, 0.3) is 0 Å². The van der Waals surface area contributed by atoms with Crippen molar-refractivity contribution in [2.45, 2.75) is 70.4 Å². The summed E-state index contributed by atoms with van der Waals surface area (Å²) in [5, 5.41) is 9.37. The predicted molar refractivity (Wildman–Crippen MR) is 106 cm³/mol. The van der Waals surface area contributed by atoms with Gasteiger partial charge in [-0.3, -0.25) is 9.69 Å². The second-order valence-corrected chi connectivity index (χ2v) is 8.28. The smallest absolute Gasteiger partial charge is 0.303 e. The van der Waals surface area contributed by atoms with Crippen LogP contribution in [-0.2, 0) is 14.4 Å². The van der Waals surface area contributed by atoms with E-state index in [1.165, 1.54) is 38.5 Å². The van der Waals surface area contributed by atoms with Crippen molar-refractivity contribution < 1.29 is 19.5 Å². The number of carbonyl (C=O) groups is 1. The predicted octanol–water partition coefficient (Wildman–Crippen LogP) is 3.06. The van der Waals surface area contributed by atoms with E-state index in [0.717, 1.165) is 31.1 Å². The number of hydrogen-bond acceptors (Lipinski definition) is 6. The van der Waals surface area contributed by atoms with Crippen LogP contribution in [-0.4, -0.2) is 61.4 Å². The molecule has 0 saturated heterocycles. The standard InChI is InChI=1S/C20H37N3O4/c1-20(21-18(22-27-20)15-23(2)12-13-26-3)17(14-19(24)25)11-7-10-16-8-5-4-6-9-16/h16-17H,4-15H2,1-3H3,(H,21,22)(H,24,25)/t17-,20?/m1/s1. The SMILES string of the molecule is COCCN(C)CC1=NC(C)([C@H](CCCC2CCCCC2)CC(=O)O)ON1. The zero-order valence-electron chi connectivity index (χ0n) is 17.2. The van der Waals surface area contributed by atoms with E-state index in [4.69, 9.17) is 14.6 Å². The molecule has 2 aliphatic rings. The molecule has 1 aliphatic heterocycles. The molecule has 0 spiro atoms. The molecule has 2 N–H and O–H groups in total. The molecule has 2 rings (SSSR count). The lowest BCUT2D eigenvalue weighted by atomic mass is 9.83. The maximum absolute atomic E-state index is 11.4. The summed E-state index contributed by atoms with van der Waals surface area (Å²) in [5.74, 6) is 0.642. The molecule has 0 bridgehead atoms. The van der Waals surface area contributed by atoms with E-state index in [-0.39, 0.29) is 12.3 Å². The quantitative estimate of drug-likeness (QED) is 0.539. The minimum Gasteiger partial charge on any atom is -0.481 e. The molecule has 7 heteroatoms. The Morgan fingerprint density at radius 3 is 2.85 bits per heavy atom. The molecule has 1 aliphatic carbocycles. The van der Waals surface area contributed by atoms with Crippen LogP contribution in [0.1, 0.15) is 64.7 Å². The third-order valence-electron chi connectivity index (χ3n) is 5.90. The minimum atomic E-state index is -0.817. The number of carboxylic acids is 1. The van der Waals surface area contributed by atoms with Crippen molar-refractivity contribution in [2.75, 3.05) is 33.9 Å². The molecule has 0 radical (unpaired) electrons. The first-order valence-electron chi connectivity index (χ1n) is 10.3. The number of hydrogen-bond donors (Lipinski definition) is 2. The summed E-state index contributed by atoms with van der Waals surface area (Å²) in [6.45, 7) is 3.98. The highest BCUT2D eigenvalue weighted by Gasteiger charge is 2.41. The van der Waals surface area contributed by atoms with Crippen molar-refractivity contribution in [3.8, 4) is 0 Å². The number of aliphatic carboxylic acids is 1. The van der Waals surface area contributed by atoms with E-state index < -0.39 is 11.7 Å². The number of nitrogens with zero attached hydrogens (tertiary/aromatic N) is 2. The summed E-state index contributed by atoms with van der Waals surface area (Å²) in [4.78, 5) is 24.0. The lowest BCUT2D eigenvalue weighted by Crippen LogP contribution is -2.37. The van der Waals surface area contributed by atoms with E-state index in [1.807, 2.05) is 14.0 Å². The Morgan fingerprint density at radius 1 is 1.44 bits per heavy atom. The summed E-state index contributed by atoms with van der Waals surface area (Å²) < 4.78 is 5.10. The van der Waals surface area contributed by atoms with E-state index in [0.29, 0.717) is 13.2 Å². The van der Waals surface area contributed by atoms with Gasteiger partial charge in [0, 0.05) is 19.6 Å². The van der Waals surface area contributed by atoms with E-state index >= 15 is 0 Å². The number of methoxy groups -OCH3 is 1. The van der Waals surface area contributed by atoms with Crippen molar-refractivity contribution in [1.82, 2.24) is 10.4 Å². The monoisotopic (exact) mass is 383 g/mol. The molecule has 0 amide bonds. The van der Waals surface area contributed by atoms with Crippen molar-refractivity contribution in [3.05, 3.63) is 0 Å². The van der Waals surface area contributed by atoms with Crippen LogP contribution < -0.4 is 5.48 Å². The van der Waals surface area contributed by atoms with Gasteiger partial charge in [-0.15, -0.1) is 0 Å². The van der Waals surface area contributed by atoms with E-state index in [1.54, 1.807) is 7.11 Å². The summed E-state index contributed by atoms with van der Waals surface area (Å²) in [6.07, 6.45) is 9.86. The van der Waals surface area contributed by atoms with E-state index in [2.05, 4.69) is 10.4 Å². The highest BCUT2D eigenvalue weighted by molar-refractivity contribution is 5.84. The molecular formula is C20H37N3O4. The molecule has 156 valence electrons. The molecule has 27 heavy (non-hydrogen) atoms. The molecule has 1 unspecified atom stereocenters. The molecular weight excluding hydrogens is 346 g/mol. The zero-order chi connectivity index (χ0) is 19.7. The zero-order valence-corrected chi connectivity index (χ0v) is 17.2. The van der Waals surface area contributed by atoms with Gasteiger partial charge in [0.05, 0.1) is 19.6 Å². The van der Waals surface area contributed by atoms with Crippen LogP contribution in [0.25, 0.3) is 0 Å². The fourth-order valence-electron chi connectivity index (χ4n) is 4.20. The third-order valence-corrected chi connectivity index (χ3v) is 5.90.